The van der Waals surface area contributed by atoms with Crippen molar-refractivity contribution < 1.29 is 17.9 Å². The first-order chi connectivity index (χ1) is 12.8. The van der Waals surface area contributed by atoms with Crippen molar-refractivity contribution >= 4 is 33.0 Å². The van der Waals surface area contributed by atoms with Crippen LogP contribution in [0.25, 0.3) is 11.3 Å². The van der Waals surface area contributed by atoms with Crippen LogP contribution in [0.15, 0.2) is 52.7 Å². The lowest BCUT2D eigenvalue weighted by molar-refractivity contribution is 0.0997. The Hall–Kier alpha value is -2.91. The van der Waals surface area contributed by atoms with E-state index in [0.717, 1.165) is 16.3 Å². The van der Waals surface area contributed by atoms with Gasteiger partial charge in [0, 0.05) is 16.6 Å². The molecular weight excluding hydrogens is 386 g/mol. The van der Waals surface area contributed by atoms with Crippen LogP contribution in [-0.2, 0) is 10.0 Å². The zero-order valence-corrected chi connectivity index (χ0v) is 16.2. The van der Waals surface area contributed by atoms with Gasteiger partial charge in [-0.2, -0.15) is 0 Å². The number of carbonyl (C=O) groups is 1. The molecule has 0 saturated heterocycles. The van der Waals surface area contributed by atoms with Crippen molar-refractivity contribution in [3.63, 3.8) is 0 Å². The van der Waals surface area contributed by atoms with E-state index in [9.17, 15) is 13.2 Å². The molecule has 0 radical (unpaired) electrons. The largest absolute Gasteiger partial charge is 0.496 e. The van der Waals surface area contributed by atoms with Gasteiger partial charge in [-0.05, 0) is 37.3 Å². The highest BCUT2D eigenvalue weighted by Crippen LogP contribution is 2.26. The molecule has 3 N–H and O–H groups in total. The molecule has 0 aliphatic rings. The van der Waals surface area contributed by atoms with Crippen molar-refractivity contribution in [1.82, 2.24) is 4.98 Å². The Labute approximate surface area is 160 Å². The molecule has 0 aliphatic heterocycles. The molecule has 0 fully saturated rings. The number of benzene rings is 2. The van der Waals surface area contributed by atoms with Gasteiger partial charge in [0.25, 0.3) is 15.9 Å². The van der Waals surface area contributed by atoms with E-state index in [0.29, 0.717) is 5.69 Å². The number of sulfonamides is 1. The van der Waals surface area contributed by atoms with Gasteiger partial charge in [-0.15, -0.1) is 11.3 Å². The van der Waals surface area contributed by atoms with Crippen molar-refractivity contribution in [2.45, 2.75) is 11.8 Å². The summed E-state index contributed by atoms with van der Waals surface area (Å²) in [4.78, 5) is 15.8. The maximum absolute atomic E-state index is 12.6. The lowest BCUT2D eigenvalue weighted by atomic mass is 10.1. The van der Waals surface area contributed by atoms with Crippen LogP contribution in [0.2, 0.25) is 0 Å². The highest BCUT2D eigenvalue weighted by atomic mass is 32.2. The molecule has 1 heterocycles. The van der Waals surface area contributed by atoms with Crippen LogP contribution < -0.4 is 15.2 Å². The molecular formula is C18H17N3O4S2. The number of thiazole rings is 1. The van der Waals surface area contributed by atoms with Crippen LogP contribution in [0, 0.1) is 6.92 Å². The molecule has 3 aromatic rings. The minimum Gasteiger partial charge on any atom is -0.496 e. The van der Waals surface area contributed by atoms with Crippen LogP contribution >= 0.6 is 11.3 Å². The second-order valence-electron chi connectivity index (χ2n) is 5.66. The summed E-state index contributed by atoms with van der Waals surface area (Å²) in [6.07, 6.45) is 0. The molecule has 1 amide bonds. The Morgan fingerprint density at radius 1 is 1.19 bits per heavy atom. The van der Waals surface area contributed by atoms with Gasteiger partial charge in [0.15, 0.2) is 0 Å². The number of nitrogens with two attached hydrogens (primary N) is 1. The van der Waals surface area contributed by atoms with E-state index in [1.165, 1.54) is 25.3 Å². The average Bonchev–Trinajstić information content (AvgIpc) is 3.07. The van der Waals surface area contributed by atoms with Crippen LogP contribution in [0.4, 0.5) is 5.69 Å². The number of hydrogen-bond acceptors (Lipinski definition) is 6. The van der Waals surface area contributed by atoms with Gasteiger partial charge in [-0.3, -0.25) is 9.52 Å². The molecule has 1 aromatic heterocycles. The van der Waals surface area contributed by atoms with E-state index in [-0.39, 0.29) is 16.2 Å². The van der Waals surface area contributed by atoms with E-state index < -0.39 is 15.9 Å². The number of methoxy groups -OCH3 is 1. The number of aromatic nitrogens is 1. The summed E-state index contributed by atoms with van der Waals surface area (Å²) in [5.74, 6) is -0.559. The van der Waals surface area contributed by atoms with Crippen LogP contribution in [0.1, 0.15) is 15.4 Å². The van der Waals surface area contributed by atoms with Crippen molar-refractivity contribution in [3.8, 4) is 17.0 Å². The van der Waals surface area contributed by atoms with Gasteiger partial charge >= 0.3 is 0 Å². The molecule has 0 saturated carbocycles. The van der Waals surface area contributed by atoms with E-state index in [2.05, 4.69) is 9.71 Å². The smallest absolute Gasteiger partial charge is 0.261 e. The molecule has 0 unspecified atom stereocenters. The Bertz CT molecular complexity index is 1090. The molecule has 0 bridgehead atoms. The van der Waals surface area contributed by atoms with Gasteiger partial charge in [0.05, 0.1) is 28.3 Å². The predicted octanol–water partition coefficient (Wildman–Crippen LogP) is 3.03. The number of rotatable bonds is 6. The third kappa shape index (κ3) is 4.09. The number of carbonyl (C=O) groups excluding carboxylic acids is 1. The topological polar surface area (TPSA) is 111 Å². The fourth-order valence-corrected chi connectivity index (χ4v) is 4.17. The molecule has 2 aromatic carbocycles. The normalized spacial score (nSPS) is 11.2. The number of nitrogens with one attached hydrogen (secondary N) is 1. The summed E-state index contributed by atoms with van der Waals surface area (Å²) in [7, 11) is -2.52. The molecule has 27 heavy (non-hydrogen) atoms. The number of ether oxygens (including phenoxy) is 1. The molecule has 7 nitrogen and oxygen atoms in total. The number of aryl methyl sites for hydroxylation is 1. The minimum absolute atomic E-state index is 0.00498. The summed E-state index contributed by atoms with van der Waals surface area (Å²) < 4.78 is 32.8. The summed E-state index contributed by atoms with van der Waals surface area (Å²) in [5.41, 5.74) is 7.41. The molecule has 0 atom stereocenters. The van der Waals surface area contributed by atoms with Crippen molar-refractivity contribution in [3.05, 3.63) is 58.4 Å². The summed E-state index contributed by atoms with van der Waals surface area (Å²) >= 11 is 1.55. The summed E-state index contributed by atoms with van der Waals surface area (Å²) in [6.45, 7) is 1.92. The average molecular weight is 403 g/mol. The number of nitrogens with zero attached hydrogens (tertiary/aromatic N) is 1. The van der Waals surface area contributed by atoms with E-state index in [1.54, 1.807) is 35.6 Å². The highest BCUT2D eigenvalue weighted by molar-refractivity contribution is 7.92. The van der Waals surface area contributed by atoms with Crippen LogP contribution in [-0.4, -0.2) is 26.4 Å². The minimum atomic E-state index is -3.89. The number of amides is 1. The molecule has 0 spiro atoms. The second kappa shape index (κ2) is 7.37. The predicted molar refractivity (Wildman–Crippen MR) is 105 cm³/mol. The van der Waals surface area contributed by atoms with Gasteiger partial charge in [-0.1, -0.05) is 12.1 Å². The van der Waals surface area contributed by atoms with Gasteiger partial charge < -0.3 is 10.5 Å². The number of hydrogen-bond donors (Lipinski definition) is 2. The quantitative estimate of drug-likeness (QED) is 0.657. The fourth-order valence-electron chi connectivity index (χ4n) is 2.47. The monoisotopic (exact) mass is 403 g/mol. The first-order valence-electron chi connectivity index (χ1n) is 7.83. The third-order valence-electron chi connectivity index (χ3n) is 3.80. The van der Waals surface area contributed by atoms with Crippen LogP contribution in [0.3, 0.4) is 0 Å². The molecule has 3 rings (SSSR count). The maximum atomic E-state index is 12.6. The molecule has 0 aliphatic carbocycles. The number of anilines is 1. The van der Waals surface area contributed by atoms with Crippen molar-refractivity contribution in [2.75, 3.05) is 11.8 Å². The van der Waals surface area contributed by atoms with Gasteiger partial charge in [-0.25, -0.2) is 13.4 Å². The summed E-state index contributed by atoms with van der Waals surface area (Å²) in [6, 6.07) is 10.8. The van der Waals surface area contributed by atoms with E-state index >= 15 is 0 Å². The summed E-state index contributed by atoms with van der Waals surface area (Å²) in [5, 5.41) is 2.90. The molecule has 9 heteroatoms. The highest BCUT2D eigenvalue weighted by Gasteiger charge is 2.19. The Morgan fingerprint density at radius 2 is 1.89 bits per heavy atom. The SMILES string of the molecule is COc1ccc(S(=O)(=O)Nc2ccc(-c3csc(C)n3)cc2)cc1C(N)=O. The zero-order valence-electron chi connectivity index (χ0n) is 14.6. The van der Waals surface area contributed by atoms with Gasteiger partial charge in [0.2, 0.25) is 0 Å². The fraction of sp³-hybridized carbons (Fsp3) is 0.111. The van der Waals surface area contributed by atoms with Crippen molar-refractivity contribution in [2.24, 2.45) is 5.73 Å². The third-order valence-corrected chi connectivity index (χ3v) is 5.95. The molecule has 140 valence electrons. The zero-order chi connectivity index (χ0) is 19.6. The first kappa shape index (κ1) is 18.9. The van der Waals surface area contributed by atoms with E-state index in [4.69, 9.17) is 10.5 Å². The first-order valence-corrected chi connectivity index (χ1v) is 10.2. The van der Waals surface area contributed by atoms with Crippen LogP contribution in [0.5, 0.6) is 5.75 Å². The maximum Gasteiger partial charge on any atom is 0.261 e. The van der Waals surface area contributed by atoms with E-state index in [1.807, 2.05) is 12.3 Å². The Balaban J connectivity index is 1.86. The Morgan fingerprint density at radius 3 is 2.44 bits per heavy atom. The second-order valence-corrected chi connectivity index (χ2v) is 8.41. The number of primary amides is 1. The lowest BCUT2D eigenvalue weighted by Gasteiger charge is -2.11. The standard InChI is InChI=1S/C18H17N3O4S2/c1-11-20-16(10-26-11)12-3-5-13(6-4-12)21-27(23,24)14-7-8-17(25-2)15(9-14)18(19)22/h3-10,21H,1-2H3,(H2,19,22). The lowest BCUT2D eigenvalue weighted by Crippen LogP contribution is -2.16. The van der Waals surface area contributed by atoms with Gasteiger partial charge in [0.1, 0.15) is 5.75 Å². The van der Waals surface area contributed by atoms with Crippen molar-refractivity contribution in [1.29, 1.82) is 0 Å². The Kier molecular flexibility index (Phi) is 5.15.